The Morgan fingerprint density at radius 1 is 1.33 bits per heavy atom. The number of ether oxygens (including phenoxy) is 2. The summed E-state index contributed by atoms with van der Waals surface area (Å²) in [6.07, 6.45) is 0. The Labute approximate surface area is 161 Å². The summed E-state index contributed by atoms with van der Waals surface area (Å²) in [4.78, 5) is 18.8. The molecular formula is C19H23N3O4S. The van der Waals surface area contributed by atoms with Crippen molar-refractivity contribution in [1.82, 2.24) is 15.0 Å². The lowest BCUT2D eigenvalue weighted by molar-refractivity contribution is 0.0624. The van der Waals surface area contributed by atoms with Gasteiger partial charge in [-0.3, -0.25) is 4.79 Å². The maximum Gasteiger partial charge on any atom is 0.276 e. The molecule has 3 aromatic rings. The van der Waals surface area contributed by atoms with Gasteiger partial charge in [-0.2, -0.15) is 0 Å². The van der Waals surface area contributed by atoms with E-state index >= 15 is 0 Å². The summed E-state index contributed by atoms with van der Waals surface area (Å²) >= 11 is 1.65. The molecule has 0 fully saturated rings. The number of methoxy groups -OCH3 is 1. The standard InChI is InChI=1S/C19H23N3O4S/c1-12(2)22(7-8-24-4)19(23)17-10-15(26-21-17)11-25-14-5-6-18-16(9-14)20-13(3)27-18/h5-6,9-10,12H,7-8,11H2,1-4H3. The largest absolute Gasteiger partial charge is 0.485 e. The topological polar surface area (TPSA) is 77.7 Å². The van der Waals surface area contributed by atoms with Gasteiger partial charge in [-0.15, -0.1) is 11.3 Å². The van der Waals surface area contributed by atoms with Crippen LogP contribution in [0.2, 0.25) is 0 Å². The van der Waals surface area contributed by atoms with Crippen LogP contribution in [0.4, 0.5) is 0 Å². The number of hydrogen-bond acceptors (Lipinski definition) is 7. The number of aromatic nitrogens is 2. The summed E-state index contributed by atoms with van der Waals surface area (Å²) in [5.74, 6) is 1.00. The van der Waals surface area contributed by atoms with Crippen LogP contribution < -0.4 is 4.74 Å². The zero-order valence-electron chi connectivity index (χ0n) is 15.9. The molecule has 0 unspecified atom stereocenters. The second kappa shape index (κ2) is 8.49. The highest BCUT2D eigenvalue weighted by molar-refractivity contribution is 7.18. The average molecular weight is 389 g/mol. The van der Waals surface area contributed by atoms with Crippen molar-refractivity contribution in [3.05, 3.63) is 40.7 Å². The summed E-state index contributed by atoms with van der Waals surface area (Å²) in [7, 11) is 1.61. The van der Waals surface area contributed by atoms with Crippen molar-refractivity contribution in [2.45, 2.75) is 33.4 Å². The SMILES string of the molecule is COCCN(C(=O)c1cc(COc2ccc3sc(C)nc3c2)on1)C(C)C. The fourth-order valence-electron chi connectivity index (χ4n) is 2.68. The molecule has 0 saturated carbocycles. The van der Waals surface area contributed by atoms with Crippen LogP contribution >= 0.6 is 11.3 Å². The molecule has 2 heterocycles. The van der Waals surface area contributed by atoms with Gasteiger partial charge in [0.1, 0.15) is 12.4 Å². The predicted molar refractivity (Wildman–Crippen MR) is 103 cm³/mol. The van der Waals surface area contributed by atoms with E-state index in [1.807, 2.05) is 39.0 Å². The van der Waals surface area contributed by atoms with Gasteiger partial charge >= 0.3 is 0 Å². The van der Waals surface area contributed by atoms with Crippen LogP contribution in [0.25, 0.3) is 10.2 Å². The van der Waals surface area contributed by atoms with Crippen molar-refractivity contribution in [1.29, 1.82) is 0 Å². The summed E-state index contributed by atoms with van der Waals surface area (Å²) in [6, 6.07) is 7.44. The lowest BCUT2D eigenvalue weighted by atomic mass is 10.2. The first-order valence-corrected chi connectivity index (χ1v) is 9.55. The van der Waals surface area contributed by atoms with E-state index in [0.29, 0.717) is 24.7 Å². The molecule has 7 nitrogen and oxygen atoms in total. The highest BCUT2D eigenvalue weighted by Gasteiger charge is 2.22. The number of hydrogen-bond donors (Lipinski definition) is 0. The molecule has 0 saturated heterocycles. The predicted octanol–water partition coefficient (Wildman–Crippen LogP) is 3.67. The zero-order chi connectivity index (χ0) is 19.4. The second-order valence-electron chi connectivity index (χ2n) is 6.41. The Balaban J connectivity index is 1.64. The Morgan fingerprint density at radius 3 is 2.89 bits per heavy atom. The number of carbonyl (C=O) groups is 1. The molecule has 1 aromatic carbocycles. The van der Waals surface area contributed by atoms with Crippen molar-refractivity contribution in [2.75, 3.05) is 20.3 Å². The van der Waals surface area contributed by atoms with Gasteiger partial charge in [0.05, 0.1) is 21.8 Å². The molecule has 144 valence electrons. The lowest BCUT2D eigenvalue weighted by Crippen LogP contribution is -2.39. The Morgan fingerprint density at radius 2 is 2.15 bits per heavy atom. The van der Waals surface area contributed by atoms with Crippen molar-refractivity contribution >= 4 is 27.5 Å². The Bertz CT molecular complexity index is 919. The van der Waals surface area contributed by atoms with Crippen LogP contribution in [0.15, 0.2) is 28.8 Å². The van der Waals surface area contributed by atoms with Crippen LogP contribution in [-0.2, 0) is 11.3 Å². The quantitative estimate of drug-likeness (QED) is 0.585. The van der Waals surface area contributed by atoms with Crippen LogP contribution in [0.1, 0.15) is 35.1 Å². The van der Waals surface area contributed by atoms with Gasteiger partial charge in [-0.1, -0.05) is 5.16 Å². The van der Waals surface area contributed by atoms with E-state index in [-0.39, 0.29) is 24.2 Å². The van der Waals surface area contributed by atoms with Gasteiger partial charge in [-0.05, 0) is 32.9 Å². The van der Waals surface area contributed by atoms with E-state index in [9.17, 15) is 4.79 Å². The monoisotopic (exact) mass is 389 g/mol. The third-order valence-electron chi connectivity index (χ3n) is 4.05. The van der Waals surface area contributed by atoms with Crippen LogP contribution in [-0.4, -0.2) is 47.3 Å². The molecule has 0 spiro atoms. The summed E-state index contributed by atoms with van der Waals surface area (Å²) in [5, 5.41) is 4.91. The third kappa shape index (κ3) is 4.64. The van der Waals surface area contributed by atoms with E-state index in [1.165, 1.54) is 0 Å². The van der Waals surface area contributed by atoms with Crippen molar-refractivity contribution < 1.29 is 18.8 Å². The first-order valence-electron chi connectivity index (χ1n) is 8.73. The Hall–Kier alpha value is -2.45. The molecule has 0 N–H and O–H groups in total. The van der Waals surface area contributed by atoms with Crippen LogP contribution in [0.3, 0.4) is 0 Å². The minimum absolute atomic E-state index is 0.0392. The van der Waals surface area contributed by atoms with Gasteiger partial charge in [0.2, 0.25) is 0 Å². The van der Waals surface area contributed by atoms with Gasteiger partial charge < -0.3 is 18.9 Å². The highest BCUT2D eigenvalue weighted by Crippen LogP contribution is 2.26. The molecule has 0 atom stereocenters. The van der Waals surface area contributed by atoms with Crippen molar-refractivity contribution in [3.63, 3.8) is 0 Å². The summed E-state index contributed by atoms with van der Waals surface area (Å²) < 4.78 is 17.2. The highest BCUT2D eigenvalue weighted by atomic mass is 32.1. The van der Waals surface area contributed by atoms with Crippen molar-refractivity contribution in [2.24, 2.45) is 0 Å². The molecule has 3 rings (SSSR count). The maximum atomic E-state index is 12.6. The summed E-state index contributed by atoms with van der Waals surface area (Å²) in [5.41, 5.74) is 1.18. The minimum atomic E-state index is -0.184. The number of aryl methyl sites for hydroxylation is 1. The molecule has 0 aliphatic rings. The molecule has 1 amide bonds. The molecule has 27 heavy (non-hydrogen) atoms. The van der Waals surface area contributed by atoms with Crippen LogP contribution in [0.5, 0.6) is 5.75 Å². The molecule has 0 aliphatic carbocycles. The summed E-state index contributed by atoms with van der Waals surface area (Å²) in [6.45, 7) is 7.04. The number of rotatable bonds is 8. The normalized spacial score (nSPS) is 11.3. The zero-order valence-corrected chi connectivity index (χ0v) is 16.7. The number of fused-ring (bicyclic) bond motifs is 1. The number of carbonyl (C=O) groups excluding carboxylic acids is 1. The molecule has 0 radical (unpaired) electrons. The first kappa shape index (κ1) is 19.3. The van der Waals surface area contributed by atoms with E-state index in [4.69, 9.17) is 14.0 Å². The fourth-order valence-corrected chi connectivity index (χ4v) is 3.49. The maximum absolute atomic E-state index is 12.6. The van der Waals surface area contributed by atoms with Gasteiger partial charge in [-0.25, -0.2) is 4.98 Å². The molecule has 8 heteroatoms. The van der Waals surface area contributed by atoms with Gasteiger partial charge in [0.25, 0.3) is 5.91 Å². The molecule has 2 aromatic heterocycles. The molecular weight excluding hydrogens is 366 g/mol. The van der Waals surface area contributed by atoms with Crippen molar-refractivity contribution in [3.8, 4) is 5.75 Å². The second-order valence-corrected chi connectivity index (χ2v) is 7.65. The number of amides is 1. The van der Waals surface area contributed by atoms with E-state index in [1.54, 1.807) is 29.4 Å². The Kier molecular flexibility index (Phi) is 6.08. The number of thiazole rings is 1. The number of nitrogens with zero attached hydrogens (tertiary/aromatic N) is 3. The first-order chi connectivity index (χ1) is 13.0. The molecule has 0 bridgehead atoms. The lowest BCUT2D eigenvalue weighted by Gasteiger charge is -2.25. The van der Waals surface area contributed by atoms with Crippen LogP contribution in [0, 0.1) is 6.92 Å². The van der Waals surface area contributed by atoms with Gasteiger partial charge in [0, 0.05) is 31.8 Å². The number of benzene rings is 1. The van der Waals surface area contributed by atoms with Gasteiger partial charge in [0.15, 0.2) is 11.5 Å². The fraction of sp³-hybridized carbons (Fsp3) is 0.421. The molecule has 0 aliphatic heterocycles. The minimum Gasteiger partial charge on any atom is -0.485 e. The average Bonchev–Trinajstić information content (AvgIpc) is 3.24. The third-order valence-corrected chi connectivity index (χ3v) is 5.00. The smallest absolute Gasteiger partial charge is 0.276 e. The van der Waals surface area contributed by atoms with E-state index in [2.05, 4.69) is 10.1 Å². The van der Waals surface area contributed by atoms with E-state index in [0.717, 1.165) is 15.2 Å². The van der Waals surface area contributed by atoms with E-state index < -0.39 is 0 Å².